The molecule has 3 rings (SSSR count). The maximum Gasteiger partial charge on any atom is 0.303 e. The van der Waals surface area contributed by atoms with Gasteiger partial charge in [-0.25, -0.2) is 0 Å². The molecule has 3 heteroatoms. The molecular weight excluding hydrogens is 192 g/mol. The third-order valence-electron chi connectivity index (χ3n) is 4.48. The summed E-state index contributed by atoms with van der Waals surface area (Å²) in [5.74, 6) is 0.420. The van der Waals surface area contributed by atoms with Crippen LogP contribution in [0.25, 0.3) is 0 Å². The van der Waals surface area contributed by atoms with Gasteiger partial charge in [-0.3, -0.25) is 9.59 Å². The fourth-order valence-corrected chi connectivity index (χ4v) is 3.34. The minimum Gasteiger partial charge on any atom is -0.451 e. The van der Waals surface area contributed by atoms with Crippen LogP contribution in [0.3, 0.4) is 0 Å². The molecule has 0 aliphatic heterocycles. The molecule has 3 atom stereocenters. The van der Waals surface area contributed by atoms with Crippen LogP contribution in [-0.4, -0.2) is 17.4 Å². The van der Waals surface area contributed by atoms with E-state index in [9.17, 15) is 9.59 Å². The van der Waals surface area contributed by atoms with E-state index in [0.29, 0.717) is 12.3 Å². The fourth-order valence-electron chi connectivity index (χ4n) is 3.34. The molecule has 0 saturated heterocycles. The summed E-state index contributed by atoms with van der Waals surface area (Å²) in [6, 6.07) is 0. The van der Waals surface area contributed by atoms with E-state index in [1.54, 1.807) is 6.92 Å². The van der Waals surface area contributed by atoms with Crippen LogP contribution >= 0.6 is 0 Å². The molecule has 0 radical (unpaired) electrons. The number of Topliss-reactive ketones (excluding diaryl/α,β-unsaturated/α-hetero) is 1. The molecule has 3 aliphatic carbocycles. The van der Waals surface area contributed by atoms with Crippen molar-refractivity contribution in [1.82, 2.24) is 0 Å². The normalized spacial score (nSPS) is 42.0. The zero-order chi connectivity index (χ0) is 11.4. The number of rotatable bonds is 1. The molecule has 3 unspecified atom stereocenters. The zero-order valence-electron chi connectivity index (χ0n) is 9.79. The Kier molecular flexibility index (Phi) is 2.01. The van der Waals surface area contributed by atoms with Crippen LogP contribution in [0.4, 0.5) is 0 Å². The van der Waals surface area contributed by atoms with Crippen molar-refractivity contribution in [1.29, 1.82) is 0 Å². The molecule has 0 N–H and O–H groups in total. The Labute approximate surface area is 90.2 Å². The van der Waals surface area contributed by atoms with Gasteiger partial charge in [0.05, 0.1) is 0 Å². The highest BCUT2D eigenvalue weighted by Gasteiger charge is 2.65. The Bertz CT molecular complexity index is 332. The maximum atomic E-state index is 11.9. The molecule has 0 aromatic rings. The van der Waals surface area contributed by atoms with E-state index in [1.807, 2.05) is 0 Å². The van der Waals surface area contributed by atoms with Crippen molar-refractivity contribution in [2.45, 2.75) is 46.1 Å². The van der Waals surface area contributed by atoms with E-state index >= 15 is 0 Å². The first kappa shape index (κ1) is 10.7. The molecule has 84 valence electrons. The van der Waals surface area contributed by atoms with Gasteiger partial charge in [-0.2, -0.15) is 0 Å². The summed E-state index contributed by atoms with van der Waals surface area (Å²) in [6.45, 7) is 7.48. The minimum atomic E-state index is -0.871. The molecule has 0 aromatic heterocycles. The second-order valence-corrected chi connectivity index (χ2v) is 5.63. The largest absolute Gasteiger partial charge is 0.451 e. The highest BCUT2D eigenvalue weighted by atomic mass is 16.6. The summed E-state index contributed by atoms with van der Waals surface area (Å²) in [5.41, 5.74) is -0.734. The number of hydrogen-bond acceptors (Lipinski definition) is 3. The van der Waals surface area contributed by atoms with Gasteiger partial charge in [0, 0.05) is 19.3 Å². The number of esters is 1. The first-order valence-corrected chi connectivity index (χ1v) is 5.51. The average Bonchev–Trinajstić information content (AvgIpc) is 2.07. The van der Waals surface area contributed by atoms with Gasteiger partial charge >= 0.3 is 5.97 Å². The summed E-state index contributed by atoms with van der Waals surface area (Å²) in [7, 11) is 0. The van der Waals surface area contributed by atoms with E-state index in [1.165, 1.54) is 6.92 Å². The van der Waals surface area contributed by atoms with E-state index < -0.39 is 5.60 Å². The van der Waals surface area contributed by atoms with Gasteiger partial charge in [-0.05, 0) is 24.7 Å². The quantitative estimate of drug-likeness (QED) is 0.621. The number of hydrogen-bond donors (Lipinski definition) is 0. The van der Waals surface area contributed by atoms with Gasteiger partial charge in [-0.1, -0.05) is 13.8 Å². The van der Waals surface area contributed by atoms with Crippen LogP contribution in [0.1, 0.15) is 40.5 Å². The highest BCUT2D eigenvalue weighted by molar-refractivity contribution is 5.91. The highest BCUT2D eigenvalue weighted by Crippen LogP contribution is 2.62. The zero-order valence-corrected chi connectivity index (χ0v) is 9.79. The lowest BCUT2D eigenvalue weighted by atomic mass is 9.44. The van der Waals surface area contributed by atoms with Crippen molar-refractivity contribution in [3.05, 3.63) is 0 Å². The molecule has 3 saturated carbocycles. The van der Waals surface area contributed by atoms with E-state index in [-0.39, 0.29) is 23.1 Å². The second-order valence-electron chi connectivity index (χ2n) is 5.63. The maximum absolute atomic E-state index is 11.9. The Morgan fingerprint density at radius 1 is 1.40 bits per heavy atom. The first-order valence-electron chi connectivity index (χ1n) is 5.51. The second kappa shape index (κ2) is 2.83. The van der Waals surface area contributed by atoms with Gasteiger partial charge in [-0.15, -0.1) is 0 Å². The standard InChI is InChI=1S/C12H18O3/c1-7(13)15-12(4)9-5-8(6-10(12)14)11(9,2)3/h8-9H,5-6H2,1-4H3. The van der Waals surface area contributed by atoms with Crippen LogP contribution in [0.2, 0.25) is 0 Å². The smallest absolute Gasteiger partial charge is 0.303 e. The Balaban J connectivity index is 2.29. The predicted molar refractivity (Wildman–Crippen MR) is 55.2 cm³/mol. The van der Waals surface area contributed by atoms with Gasteiger partial charge in [0.15, 0.2) is 11.4 Å². The summed E-state index contributed by atoms with van der Waals surface area (Å²) >= 11 is 0. The fraction of sp³-hybridized carbons (Fsp3) is 0.833. The molecule has 0 amide bonds. The number of carbonyl (C=O) groups excluding carboxylic acids is 2. The molecule has 3 aliphatic rings. The van der Waals surface area contributed by atoms with Crippen molar-refractivity contribution >= 4 is 11.8 Å². The molecule has 3 nitrogen and oxygen atoms in total. The monoisotopic (exact) mass is 210 g/mol. The van der Waals surface area contributed by atoms with Crippen molar-refractivity contribution in [3.63, 3.8) is 0 Å². The van der Waals surface area contributed by atoms with Gasteiger partial charge in [0.25, 0.3) is 0 Å². The van der Waals surface area contributed by atoms with Crippen LogP contribution in [0.15, 0.2) is 0 Å². The summed E-state index contributed by atoms with van der Waals surface area (Å²) in [5, 5.41) is 0. The third kappa shape index (κ3) is 1.25. The SMILES string of the molecule is CC(=O)OC1(C)C(=O)CC2CC1C2(C)C. The summed E-state index contributed by atoms with van der Waals surface area (Å²) in [6.07, 6.45) is 1.58. The molecule has 15 heavy (non-hydrogen) atoms. The molecule has 0 heterocycles. The number of ether oxygens (including phenoxy) is 1. The minimum absolute atomic E-state index is 0.0956. The summed E-state index contributed by atoms with van der Waals surface area (Å²) < 4.78 is 5.29. The van der Waals surface area contributed by atoms with Crippen LogP contribution in [0.5, 0.6) is 0 Å². The predicted octanol–water partition coefficient (Wildman–Crippen LogP) is 1.94. The van der Waals surface area contributed by atoms with Gasteiger partial charge in [0.1, 0.15) is 0 Å². The van der Waals surface area contributed by atoms with Crippen LogP contribution < -0.4 is 0 Å². The molecule has 0 aromatic carbocycles. The van der Waals surface area contributed by atoms with Crippen molar-refractivity contribution < 1.29 is 14.3 Å². The third-order valence-corrected chi connectivity index (χ3v) is 4.48. The Hall–Kier alpha value is -0.860. The van der Waals surface area contributed by atoms with Gasteiger partial charge < -0.3 is 4.74 Å². The first-order chi connectivity index (χ1) is 6.78. The lowest BCUT2D eigenvalue weighted by Crippen LogP contribution is -2.66. The van der Waals surface area contributed by atoms with E-state index in [4.69, 9.17) is 4.74 Å². The average molecular weight is 210 g/mol. The molecule has 3 fully saturated rings. The van der Waals surface area contributed by atoms with Gasteiger partial charge in [0.2, 0.25) is 0 Å². The van der Waals surface area contributed by atoms with Crippen LogP contribution in [0, 0.1) is 17.3 Å². The number of ketones is 1. The Morgan fingerprint density at radius 2 is 2.00 bits per heavy atom. The molecular formula is C12H18O3. The summed E-state index contributed by atoms with van der Waals surface area (Å²) in [4.78, 5) is 23.0. The van der Waals surface area contributed by atoms with Crippen molar-refractivity contribution in [2.24, 2.45) is 17.3 Å². The number of carbonyl (C=O) groups is 2. The topological polar surface area (TPSA) is 43.4 Å². The lowest BCUT2D eigenvalue weighted by Gasteiger charge is -2.62. The van der Waals surface area contributed by atoms with Crippen molar-refractivity contribution in [2.75, 3.05) is 0 Å². The van der Waals surface area contributed by atoms with E-state index in [0.717, 1.165) is 6.42 Å². The van der Waals surface area contributed by atoms with Crippen LogP contribution in [-0.2, 0) is 14.3 Å². The Morgan fingerprint density at radius 3 is 2.47 bits per heavy atom. The lowest BCUT2D eigenvalue weighted by molar-refractivity contribution is -0.212. The van der Waals surface area contributed by atoms with Crippen molar-refractivity contribution in [3.8, 4) is 0 Å². The van der Waals surface area contributed by atoms with E-state index in [2.05, 4.69) is 13.8 Å². The number of fused-ring (bicyclic) bond motifs is 2. The molecule has 0 spiro atoms. The molecule has 2 bridgehead atoms.